The van der Waals surface area contributed by atoms with Crippen LogP contribution in [0.25, 0.3) is 6.08 Å². The minimum absolute atomic E-state index is 0.0153. The molecule has 1 aromatic carbocycles. The number of carboxylic acid groups (broad SMARTS) is 1. The number of rotatable bonds is 5. The molecule has 1 aliphatic rings. The Balaban J connectivity index is 1.77. The van der Waals surface area contributed by atoms with Crippen LogP contribution in [0.15, 0.2) is 36.0 Å². The second-order valence-corrected chi connectivity index (χ2v) is 5.69. The Labute approximate surface area is 139 Å². The van der Waals surface area contributed by atoms with Crippen molar-refractivity contribution in [1.29, 1.82) is 0 Å². The van der Waals surface area contributed by atoms with E-state index in [-0.39, 0.29) is 18.8 Å². The highest BCUT2D eigenvalue weighted by Crippen LogP contribution is 2.27. The molecule has 3 rings (SSSR count). The zero-order valence-electron chi connectivity index (χ0n) is 13.4. The van der Waals surface area contributed by atoms with Crippen molar-refractivity contribution in [3.8, 4) is 5.75 Å². The van der Waals surface area contributed by atoms with Gasteiger partial charge in [0.05, 0.1) is 24.8 Å². The number of aromatic nitrogens is 2. The standard InChI is InChI=1S/C18H18N2O4/c1-20-16-6-5-13(18(23)15(16)11-19-20)9-12-3-2-4-14(10-12)24-8-7-17(21)22/h2-4,9-11H,5-8H2,1H3,(H,21,22). The van der Waals surface area contributed by atoms with Gasteiger partial charge < -0.3 is 9.84 Å². The van der Waals surface area contributed by atoms with Gasteiger partial charge in [-0.3, -0.25) is 14.3 Å². The van der Waals surface area contributed by atoms with Crippen LogP contribution in [0.5, 0.6) is 5.75 Å². The van der Waals surface area contributed by atoms with Gasteiger partial charge in [0, 0.05) is 18.3 Å². The summed E-state index contributed by atoms with van der Waals surface area (Å²) in [5.74, 6) is -0.286. The molecule has 0 unspecified atom stereocenters. The van der Waals surface area contributed by atoms with Crippen LogP contribution >= 0.6 is 0 Å². The van der Waals surface area contributed by atoms with Crippen molar-refractivity contribution in [2.75, 3.05) is 6.61 Å². The topological polar surface area (TPSA) is 81.4 Å². The average Bonchev–Trinajstić information content (AvgIpc) is 2.92. The van der Waals surface area contributed by atoms with Gasteiger partial charge >= 0.3 is 5.97 Å². The summed E-state index contributed by atoms with van der Waals surface area (Å²) in [6, 6.07) is 7.29. The summed E-state index contributed by atoms with van der Waals surface area (Å²) in [6.07, 6.45) is 4.90. The maximum Gasteiger partial charge on any atom is 0.306 e. The summed E-state index contributed by atoms with van der Waals surface area (Å²) in [7, 11) is 1.85. The summed E-state index contributed by atoms with van der Waals surface area (Å²) in [5, 5.41) is 12.8. The molecular formula is C18H18N2O4. The number of aryl methyl sites for hydroxylation is 1. The highest BCUT2D eigenvalue weighted by molar-refractivity contribution is 6.12. The largest absolute Gasteiger partial charge is 0.493 e. The first-order valence-corrected chi connectivity index (χ1v) is 7.75. The van der Waals surface area contributed by atoms with Crippen LogP contribution in [0.1, 0.15) is 34.5 Å². The number of hydrogen-bond donors (Lipinski definition) is 1. The summed E-state index contributed by atoms with van der Waals surface area (Å²) in [4.78, 5) is 23.1. The maximum absolute atomic E-state index is 12.5. The molecule has 24 heavy (non-hydrogen) atoms. The van der Waals surface area contributed by atoms with Crippen molar-refractivity contribution in [3.05, 3.63) is 52.9 Å². The van der Waals surface area contributed by atoms with Crippen molar-refractivity contribution >= 4 is 17.8 Å². The zero-order valence-corrected chi connectivity index (χ0v) is 13.4. The van der Waals surface area contributed by atoms with Gasteiger partial charge in [-0.15, -0.1) is 0 Å². The Bertz CT molecular complexity index is 820. The van der Waals surface area contributed by atoms with Crippen molar-refractivity contribution in [3.63, 3.8) is 0 Å². The number of carbonyl (C=O) groups excluding carboxylic acids is 1. The Kier molecular flexibility index (Phi) is 4.46. The van der Waals surface area contributed by atoms with Crippen LogP contribution in [0.2, 0.25) is 0 Å². The van der Waals surface area contributed by atoms with E-state index in [2.05, 4.69) is 5.10 Å². The lowest BCUT2D eigenvalue weighted by Gasteiger charge is -2.14. The number of allylic oxidation sites excluding steroid dienone is 1. The summed E-state index contributed by atoms with van der Waals surface area (Å²) in [6.45, 7) is 0.118. The lowest BCUT2D eigenvalue weighted by molar-refractivity contribution is -0.137. The second-order valence-electron chi connectivity index (χ2n) is 5.69. The third-order valence-corrected chi connectivity index (χ3v) is 4.01. The van der Waals surface area contributed by atoms with Crippen molar-refractivity contribution in [2.24, 2.45) is 7.05 Å². The molecule has 0 fully saturated rings. The van der Waals surface area contributed by atoms with Crippen LogP contribution in [-0.4, -0.2) is 33.2 Å². The van der Waals surface area contributed by atoms with E-state index in [4.69, 9.17) is 9.84 Å². The number of fused-ring (bicyclic) bond motifs is 1. The summed E-state index contributed by atoms with van der Waals surface area (Å²) in [5.41, 5.74) is 3.25. The molecule has 124 valence electrons. The molecule has 0 aliphatic heterocycles. The zero-order chi connectivity index (χ0) is 17.1. The van der Waals surface area contributed by atoms with Gasteiger partial charge in [-0.25, -0.2) is 0 Å². The number of nitrogens with zero attached hydrogens (tertiary/aromatic N) is 2. The summed E-state index contributed by atoms with van der Waals surface area (Å²) < 4.78 is 7.18. The fourth-order valence-electron chi connectivity index (χ4n) is 2.78. The Morgan fingerprint density at radius 3 is 3.04 bits per heavy atom. The predicted octanol–water partition coefficient (Wildman–Crippen LogP) is 2.49. The van der Waals surface area contributed by atoms with Crippen molar-refractivity contribution < 1.29 is 19.4 Å². The molecule has 0 bridgehead atoms. The van der Waals surface area contributed by atoms with E-state index in [1.165, 1.54) is 0 Å². The first-order valence-electron chi connectivity index (χ1n) is 7.75. The molecular weight excluding hydrogens is 308 g/mol. The fraction of sp³-hybridized carbons (Fsp3) is 0.278. The number of benzene rings is 1. The second kappa shape index (κ2) is 6.70. The third kappa shape index (κ3) is 3.37. The van der Waals surface area contributed by atoms with Crippen LogP contribution < -0.4 is 4.74 Å². The third-order valence-electron chi connectivity index (χ3n) is 4.01. The lowest BCUT2D eigenvalue weighted by Crippen LogP contribution is -2.14. The molecule has 0 spiro atoms. The maximum atomic E-state index is 12.5. The average molecular weight is 326 g/mol. The minimum atomic E-state index is -0.895. The summed E-state index contributed by atoms with van der Waals surface area (Å²) >= 11 is 0. The van der Waals surface area contributed by atoms with Gasteiger partial charge in [0.1, 0.15) is 5.75 Å². The number of Topliss-reactive ketones (excluding diaryl/α,β-unsaturated/α-hetero) is 1. The minimum Gasteiger partial charge on any atom is -0.493 e. The molecule has 1 aromatic heterocycles. The molecule has 6 nitrogen and oxygen atoms in total. The monoisotopic (exact) mass is 326 g/mol. The van der Waals surface area contributed by atoms with E-state index < -0.39 is 5.97 Å². The molecule has 1 heterocycles. The number of carbonyl (C=O) groups is 2. The van der Waals surface area contributed by atoms with E-state index >= 15 is 0 Å². The Morgan fingerprint density at radius 2 is 2.25 bits per heavy atom. The van der Waals surface area contributed by atoms with Crippen LogP contribution in [-0.2, 0) is 18.3 Å². The smallest absolute Gasteiger partial charge is 0.306 e. The van der Waals surface area contributed by atoms with Gasteiger partial charge in [-0.2, -0.15) is 5.10 Å². The van der Waals surface area contributed by atoms with Crippen LogP contribution in [0.3, 0.4) is 0 Å². The normalized spacial score (nSPS) is 15.4. The van der Waals surface area contributed by atoms with E-state index in [9.17, 15) is 9.59 Å². The number of carboxylic acids is 1. The van der Waals surface area contributed by atoms with Gasteiger partial charge in [0.25, 0.3) is 0 Å². The lowest BCUT2D eigenvalue weighted by atomic mass is 9.90. The van der Waals surface area contributed by atoms with Crippen LogP contribution in [0, 0.1) is 0 Å². The Morgan fingerprint density at radius 1 is 1.42 bits per heavy atom. The molecule has 2 aromatic rings. The van der Waals surface area contributed by atoms with Crippen molar-refractivity contribution in [2.45, 2.75) is 19.3 Å². The number of ether oxygens (including phenoxy) is 1. The first kappa shape index (κ1) is 16.0. The van der Waals surface area contributed by atoms with E-state index in [0.717, 1.165) is 23.3 Å². The first-order chi connectivity index (χ1) is 11.5. The molecule has 0 saturated heterocycles. The fourth-order valence-corrected chi connectivity index (χ4v) is 2.78. The van der Waals surface area contributed by atoms with Crippen molar-refractivity contribution in [1.82, 2.24) is 9.78 Å². The van der Waals surface area contributed by atoms with Gasteiger partial charge in [-0.05, 0) is 36.6 Å². The predicted molar refractivity (Wildman–Crippen MR) is 88.0 cm³/mol. The van der Waals surface area contributed by atoms with E-state index in [1.54, 1.807) is 23.0 Å². The molecule has 0 atom stereocenters. The molecule has 0 radical (unpaired) electrons. The molecule has 0 saturated carbocycles. The number of aliphatic carboxylic acids is 1. The van der Waals surface area contributed by atoms with Gasteiger partial charge in [-0.1, -0.05) is 12.1 Å². The Hall–Kier alpha value is -2.89. The van der Waals surface area contributed by atoms with E-state index in [0.29, 0.717) is 17.7 Å². The number of ketones is 1. The number of hydrogen-bond acceptors (Lipinski definition) is 4. The highest BCUT2D eigenvalue weighted by Gasteiger charge is 2.24. The SMILES string of the molecule is Cn1ncc2c1CCC(=Cc1cccc(OCCC(=O)O)c1)C2=O. The molecule has 1 aliphatic carbocycles. The van der Waals surface area contributed by atoms with Gasteiger partial charge in [0.15, 0.2) is 5.78 Å². The van der Waals surface area contributed by atoms with E-state index in [1.807, 2.05) is 25.3 Å². The molecule has 0 amide bonds. The van der Waals surface area contributed by atoms with Crippen LogP contribution in [0.4, 0.5) is 0 Å². The quantitative estimate of drug-likeness (QED) is 0.854. The highest BCUT2D eigenvalue weighted by atomic mass is 16.5. The molecule has 1 N–H and O–H groups in total. The van der Waals surface area contributed by atoms with Gasteiger partial charge in [0.2, 0.25) is 0 Å². The molecule has 6 heteroatoms.